The lowest BCUT2D eigenvalue weighted by atomic mass is 9.87. The average Bonchev–Trinajstić information content (AvgIpc) is 3.54. The number of hydrogen-bond acceptors (Lipinski definition) is 7. The molecule has 1 unspecified atom stereocenters. The number of pyridine rings is 1. The number of aryl methyl sites for hydroxylation is 1. The zero-order valence-electron chi connectivity index (χ0n) is 17.3. The van der Waals surface area contributed by atoms with Crippen LogP contribution in [0.5, 0.6) is 0 Å². The number of carbonyl (C=O) groups excluding carboxylic acids is 1. The molecular formula is C22H30N4O3. The molecule has 0 spiro atoms. The number of anilines is 2. The van der Waals surface area contributed by atoms with Crippen molar-refractivity contribution in [1.82, 2.24) is 4.98 Å². The number of hydrogen-bond donors (Lipinski definition) is 3. The maximum atomic E-state index is 12.3. The SMILES string of the molecule is CCOC(=O)CC(c1ccc(C)c(CO)n1)c1ccc(N(N)C2CC2)c(N)c1C. The molecule has 29 heavy (non-hydrogen) atoms. The summed E-state index contributed by atoms with van der Waals surface area (Å²) in [5, 5.41) is 11.4. The van der Waals surface area contributed by atoms with Gasteiger partial charge in [0.2, 0.25) is 0 Å². The maximum absolute atomic E-state index is 12.3. The third-order valence-electron chi connectivity index (χ3n) is 5.53. The van der Waals surface area contributed by atoms with Gasteiger partial charge in [-0.05, 0) is 62.4 Å². The number of aliphatic hydroxyl groups excluding tert-OH is 1. The molecule has 1 aromatic heterocycles. The summed E-state index contributed by atoms with van der Waals surface area (Å²) in [7, 11) is 0. The van der Waals surface area contributed by atoms with Crippen LogP contribution in [0, 0.1) is 13.8 Å². The van der Waals surface area contributed by atoms with Gasteiger partial charge < -0.3 is 20.6 Å². The Bertz CT molecular complexity index is 896. The van der Waals surface area contributed by atoms with Gasteiger partial charge in [0.1, 0.15) is 0 Å². The molecule has 1 aromatic carbocycles. The van der Waals surface area contributed by atoms with E-state index < -0.39 is 0 Å². The predicted molar refractivity (Wildman–Crippen MR) is 113 cm³/mol. The van der Waals surface area contributed by atoms with Crippen molar-refractivity contribution in [2.24, 2.45) is 5.84 Å². The number of nitrogens with zero attached hydrogens (tertiary/aromatic N) is 2. The number of rotatable bonds is 8. The molecule has 0 bridgehead atoms. The van der Waals surface area contributed by atoms with E-state index in [1.165, 1.54) is 0 Å². The molecular weight excluding hydrogens is 368 g/mol. The highest BCUT2D eigenvalue weighted by Gasteiger charge is 2.30. The Balaban J connectivity index is 2.03. The van der Waals surface area contributed by atoms with Crippen molar-refractivity contribution in [3.63, 3.8) is 0 Å². The van der Waals surface area contributed by atoms with Gasteiger partial charge in [-0.3, -0.25) is 9.78 Å². The second-order valence-electron chi connectivity index (χ2n) is 7.57. The molecule has 0 aliphatic heterocycles. The summed E-state index contributed by atoms with van der Waals surface area (Å²) in [4.78, 5) is 16.9. The summed E-state index contributed by atoms with van der Waals surface area (Å²) in [5.41, 5.74) is 11.8. The molecule has 1 fully saturated rings. The molecule has 7 heteroatoms. The van der Waals surface area contributed by atoms with E-state index in [1.54, 1.807) is 11.9 Å². The van der Waals surface area contributed by atoms with Gasteiger partial charge in [-0.25, -0.2) is 5.84 Å². The van der Waals surface area contributed by atoms with Gasteiger partial charge in [0.25, 0.3) is 0 Å². The lowest BCUT2D eigenvalue weighted by molar-refractivity contribution is -0.143. The van der Waals surface area contributed by atoms with E-state index in [0.29, 0.717) is 29.7 Å². The number of carbonyl (C=O) groups is 1. The van der Waals surface area contributed by atoms with Crippen LogP contribution < -0.4 is 16.6 Å². The topological polar surface area (TPSA) is 115 Å². The molecule has 1 saturated carbocycles. The van der Waals surface area contributed by atoms with Crippen LogP contribution in [0.3, 0.4) is 0 Å². The lowest BCUT2D eigenvalue weighted by Crippen LogP contribution is -2.34. The monoisotopic (exact) mass is 398 g/mol. The summed E-state index contributed by atoms with van der Waals surface area (Å²) in [6.45, 7) is 5.78. The molecule has 1 aliphatic carbocycles. The van der Waals surface area contributed by atoms with Gasteiger partial charge in [-0.2, -0.15) is 0 Å². The van der Waals surface area contributed by atoms with E-state index in [1.807, 2.05) is 38.1 Å². The first kappa shape index (κ1) is 21.1. The second-order valence-corrected chi connectivity index (χ2v) is 7.57. The highest BCUT2D eigenvalue weighted by molar-refractivity contribution is 5.75. The Morgan fingerprint density at radius 3 is 2.66 bits per heavy atom. The number of aromatic nitrogens is 1. The van der Waals surface area contributed by atoms with Crippen LogP contribution in [0.2, 0.25) is 0 Å². The van der Waals surface area contributed by atoms with E-state index in [-0.39, 0.29) is 24.9 Å². The van der Waals surface area contributed by atoms with Crippen LogP contribution in [0.25, 0.3) is 0 Å². The van der Waals surface area contributed by atoms with E-state index in [9.17, 15) is 9.90 Å². The summed E-state index contributed by atoms with van der Waals surface area (Å²) in [6.07, 6.45) is 2.28. The number of aliphatic hydroxyl groups is 1. The Labute approximate surface area is 171 Å². The van der Waals surface area contributed by atoms with Crippen LogP contribution in [0.1, 0.15) is 60.2 Å². The summed E-state index contributed by atoms with van der Waals surface area (Å²) < 4.78 is 5.19. The molecule has 7 nitrogen and oxygen atoms in total. The van der Waals surface area contributed by atoms with Crippen molar-refractivity contribution < 1.29 is 14.6 Å². The van der Waals surface area contributed by atoms with Gasteiger partial charge in [0.15, 0.2) is 0 Å². The smallest absolute Gasteiger partial charge is 0.306 e. The molecule has 1 atom stereocenters. The third kappa shape index (κ3) is 4.52. The van der Waals surface area contributed by atoms with Crippen LogP contribution in [0.4, 0.5) is 11.4 Å². The van der Waals surface area contributed by atoms with Crippen LogP contribution in [0.15, 0.2) is 24.3 Å². The van der Waals surface area contributed by atoms with Crippen molar-refractivity contribution >= 4 is 17.3 Å². The lowest BCUT2D eigenvalue weighted by Gasteiger charge is -2.25. The molecule has 3 rings (SSSR count). The summed E-state index contributed by atoms with van der Waals surface area (Å²) in [5.74, 6) is 5.59. The van der Waals surface area contributed by atoms with Crippen molar-refractivity contribution in [2.75, 3.05) is 17.3 Å². The van der Waals surface area contributed by atoms with E-state index in [2.05, 4.69) is 4.98 Å². The molecule has 1 heterocycles. The van der Waals surface area contributed by atoms with E-state index in [0.717, 1.165) is 35.2 Å². The Kier molecular flexibility index (Phi) is 6.39. The first-order valence-corrected chi connectivity index (χ1v) is 10.0. The highest BCUT2D eigenvalue weighted by atomic mass is 16.5. The van der Waals surface area contributed by atoms with Crippen molar-refractivity contribution in [3.8, 4) is 0 Å². The van der Waals surface area contributed by atoms with Crippen LogP contribution in [-0.4, -0.2) is 28.7 Å². The number of nitrogen functional groups attached to an aromatic ring is 1. The first-order chi connectivity index (χ1) is 13.9. The molecule has 0 saturated heterocycles. The molecule has 0 amide bonds. The van der Waals surface area contributed by atoms with Gasteiger partial charge in [0.05, 0.1) is 36.7 Å². The zero-order chi connectivity index (χ0) is 21.1. The summed E-state index contributed by atoms with van der Waals surface area (Å²) in [6, 6.07) is 8.02. The van der Waals surface area contributed by atoms with Crippen molar-refractivity contribution in [3.05, 3.63) is 52.3 Å². The Hall–Kier alpha value is -2.64. The number of nitrogens with two attached hydrogens (primary N) is 2. The Morgan fingerprint density at radius 2 is 2.03 bits per heavy atom. The average molecular weight is 399 g/mol. The Morgan fingerprint density at radius 1 is 1.31 bits per heavy atom. The molecule has 1 aliphatic rings. The normalized spacial score (nSPS) is 14.5. The van der Waals surface area contributed by atoms with Crippen molar-refractivity contribution in [1.29, 1.82) is 0 Å². The second kappa shape index (κ2) is 8.80. The van der Waals surface area contributed by atoms with Crippen molar-refractivity contribution in [2.45, 2.75) is 58.6 Å². The fourth-order valence-electron chi connectivity index (χ4n) is 3.59. The van der Waals surface area contributed by atoms with E-state index >= 15 is 0 Å². The van der Waals surface area contributed by atoms with Crippen LogP contribution >= 0.6 is 0 Å². The zero-order valence-corrected chi connectivity index (χ0v) is 17.3. The number of ether oxygens (including phenoxy) is 1. The summed E-state index contributed by atoms with van der Waals surface area (Å²) >= 11 is 0. The van der Waals surface area contributed by atoms with Gasteiger partial charge >= 0.3 is 5.97 Å². The van der Waals surface area contributed by atoms with Gasteiger partial charge in [0, 0.05) is 17.7 Å². The minimum Gasteiger partial charge on any atom is -0.466 e. The minimum atomic E-state index is -0.330. The highest BCUT2D eigenvalue weighted by Crippen LogP contribution is 2.39. The molecule has 156 valence electrons. The first-order valence-electron chi connectivity index (χ1n) is 10.0. The number of hydrazine groups is 1. The van der Waals surface area contributed by atoms with Gasteiger partial charge in [-0.1, -0.05) is 12.1 Å². The molecule has 5 N–H and O–H groups in total. The van der Waals surface area contributed by atoms with Crippen LogP contribution in [-0.2, 0) is 16.1 Å². The van der Waals surface area contributed by atoms with Gasteiger partial charge in [-0.15, -0.1) is 0 Å². The third-order valence-corrected chi connectivity index (χ3v) is 5.53. The largest absolute Gasteiger partial charge is 0.466 e. The maximum Gasteiger partial charge on any atom is 0.306 e. The number of benzene rings is 1. The fourth-order valence-corrected chi connectivity index (χ4v) is 3.59. The molecule has 2 aromatic rings. The standard InChI is InChI=1S/C22H30N4O3/c1-4-29-21(28)11-17(18-9-5-13(2)19(12-27)25-18)16-8-10-20(22(23)14(16)3)26(24)15-6-7-15/h5,8-10,15,17,27H,4,6-7,11-12,23-24H2,1-3H3. The quantitative estimate of drug-likeness (QED) is 0.271. The minimum absolute atomic E-state index is 0.142. The number of esters is 1. The molecule has 0 radical (unpaired) electrons. The predicted octanol–water partition coefficient (Wildman–Crippen LogP) is 2.70. The van der Waals surface area contributed by atoms with E-state index in [4.69, 9.17) is 16.3 Å². The fraction of sp³-hybridized carbons (Fsp3) is 0.455.